The van der Waals surface area contributed by atoms with Crippen molar-refractivity contribution in [2.24, 2.45) is 0 Å². The molecule has 0 aromatic heterocycles. The average molecular weight is 508 g/mol. The first-order valence-corrected chi connectivity index (χ1v) is 21.5. The van der Waals surface area contributed by atoms with Crippen molar-refractivity contribution in [3.63, 3.8) is 0 Å². The molecule has 2 aliphatic carbocycles. The molecule has 3 rings (SSSR count). The van der Waals surface area contributed by atoms with Crippen LogP contribution in [0.15, 0.2) is 51.9 Å². The van der Waals surface area contributed by atoms with Crippen molar-refractivity contribution in [3.05, 3.63) is 63.0 Å². The van der Waals surface area contributed by atoms with Crippen LogP contribution in [-0.4, -0.2) is 19.1 Å². The van der Waals surface area contributed by atoms with Gasteiger partial charge in [-0.15, -0.1) is 24.8 Å². The summed E-state index contributed by atoms with van der Waals surface area (Å²) in [6.07, 6.45) is 12.0. The van der Waals surface area contributed by atoms with Crippen LogP contribution in [0.3, 0.4) is 0 Å². The van der Waals surface area contributed by atoms with Crippen LogP contribution in [0.25, 0.3) is 6.08 Å². The zero-order valence-electron chi connectivity index (χ0n) is 17.0. The number of benzene rings is 1. The molecule has 0 saturated heterocycles. The Morgan fingerprint density at radius 3 is 2.41 bits per heavy atom. The van der Waals surface area contributed by atoms with Gasteiger partial charge in [0.2, 0.25) is 0 Å². The normalized spacial score (nSPS) is 20.8. The Morgan fingerprint density at radius 1 is 1.19 bits per heavy atom. The molecule has 0 heterocycles. The summed E-state index contributed by atoms with van der Waals surface area (Å²) in [7, 11) is -1.93. The monoisotopic (exact) mass is 505 g/mol. The molecule has 0 N–H and O–H groups in total. The fourth-order valence-electron chi connectivity index (χ4n) is 5.01. The molecule has 2 aliphatic rings. The summed E-state index contributed by atoms with van der Waals surface area (Å²) in [5.74, 6) is 0. The molecule has 0 amide bonds. The van der Waals surface area contributed by atoms with Crippen molar-refractivity contribution < 1.29 is 23.0 Å². The fraction of sp³-hybridized carbons (Fsp3) is 0.381. The quantitative estimate of drug-likeness (QED) is 0.392. The first-order chi connectivity index (χ1) is 11.5. The number of rotatable bonds is 6. The van der Waals surface area contributed by atoms with E-state index in [0.717, 1.165) is 6.42 Å². The zero-order valence-corrected chi connectivity index (χ0v) is 22.1. The second-order valence-corrected chi connectivity index (χ2v) is 31.8. The second-order valence-electron chi connectivity index (χ2n) is 9.07. The maximum atomic E-state index is 7.21. The van der Waals surface area contributed by atoms with E-state index >= 15 is 0 Å². The van der Waals surface area contributed by atoms with Crippen molar-refractivity contribution in [1.29, 1.82) is 0 Å². The van der Waals surface area contributed by atoms with E-state index in [-0.39, 0.29) is 28.4 Å². The van der Waals surface area contributed by atoms with Crippen LogP contribution in [0.5, 0.6) is 0 Å². The summed E-state index contributed by atoms with van der Waals surface area (Å²) in [4.78, 5) is 0. The predicted octanol–water partition coefficient (Wildman–Crippen LogP) is 6.87. The molecule has 0 saturated carbocycles. The minimum atomic E-state index is -5.06. The van der Waals surface area contributed by atoms with Crippen LogP contribution in [0.2, 0.25) is 24.3 Å². The van der Waals surface area contributed by atoms with Crippen LogP contribution in [0.4, 0.5) is 0 Å². The number of allylic oxidation sites excluding steroid dienone is 5. The molecule has 27 heavy (non-hydrogen) atoms. The number of halogens is 2. The van der Waals surface area contributed by atoms with Crippen LogP contribution in [0, 0.1) is 0 Å². The third kappa shape index (κ3) is 3.99. The number of hydrogen-bond acceptors (Lipinski definition) is 2. The Hall–Kier alpha value is -0.0900. The first kappa shape index (κ1) is 24.9. The van der Waals surface area contributed by atoms with Gasteiger partial charge in [0.1, 0.15) is 0 Å². The topological polar surface area (TPSA) is 18.5 Å². The SMILES string of the molecule is Cl.Cl.[CH2]=[Zr]([CH3])([O]CC)([O][Si](C)(C)C)([C]1=CC=CC1)[CH]1C=Cc2ccccc21. The van der Waals surface area contributed by atoms with E-state index in [0.29, 0.717) is 6.61 Å². The number of hydrogen-bond donors (Lipinski definition) is 0. The average Bonchev–Trinajstić information content (AvgIpc) is 3.16. The maximum absolute atomic E-state index is 7.21. The number of fused-ring (bicyclic) bond motifs is 1. The molecule has 0 bridgehead atoms. The van der Waals surface area contributed by atoms with Crippen LogP contribution < -0.4 is 0 Å². The van der Waals surface area contributed by atoms with Crippen LogP contribution >= 0.6 is 24.8 Å². The van der Waals surface area contributed by atoms with Gasteiger partial charge in [0.05, 0.1) is 0 Å². The van der Waals surface area contributed by atoms with E-state index < -0.39 is 26.0 Å². The summed E-state index contributed by atoms with van der Waals surface area (Å²) >= 11 is -5.06. The van der Waals surface area contributed by atoms with E-state index in [9.17, 15) is 0 Å². The van der Waals surface area contributed by atoms with Gasteiger partial charge >= 0.3 is 152 Å². The van der Waals surface area contributed by atoms with Gasteiger partial charge in [0.15, 0.2) is 0 Å². The van der Waals surface area contributed by atoms with Gasteiger partial charge in [-0.25, -0.2) is 0 Å². The first-order valence-electron chi connectivity index (χ1n) is 9.29. The van der Waals surface area contributed by atoms with Crippen molar-refractivity contribution in [2.75, 3.05) is 6.61 Å². The summed E-state index contributed by atoms with van der Waals surface area (Å²) in [6, 6.07) is 8.60. The molecule has 0 aliphatic heterocycles. The van der Waals surface area contributed by atoms with Gasteiger partial charge in [-0.1, -0.05) is 0 Å². The molecule has 1 atom stereocenters. The Balaban J connectivity index is 0.00000182. The molecule has 1 unspecified atom stereocenters. The molecule has 1 aromatic carbocycles. The Morgan fingerprint density at radius 2 is 1.85 bits per heavy atom. The molecular weight excluding hydrogens is 474 g/mol. The zero-order chi connectivity index (χ0) is 18.4. The Kier molecular flexibility index (Phi) is 7.05. The van der Waals surface area contributed by atoms with E-state index in [2.05, 4.69) is 85.8 Å². The molecule has 6 heteroatoms. The van der Waals surface area contributed by atoms with E-state index in [1.807, 2.05) is 0 Å². The third-order valence-corrected chi connectivity index (χ3v) is 31.0. The molecular formula is C21H33Cl2O2SiZr. The molecule has 0 radical (unpaired) electrons. The van der Waals surface area contributed by atoms with E-state index in [4.69, 9.17) is 9.53 Å². The summed E-state index contributed by atoms with van der Waals surface area (Å²) in [5, 5.41) is 0. The van der Waals surface area contributed by atoms with Crippen molar-refractivity contribution in [3.8, 4) is 0 Å². The Labute approximate surface area is 176 Å². The molecule has 151 valence electrons. The van der Waals surface area contributed by atoms with Crippen molar-refractivity contribution in [2.45, 2.75) is 41.2 Å². The van der Waals surface area contributed by atoms with Crippen LogP contribution in [-0.2, 0) is 23.0 Å². The fourth-order valence-corrected chi connectivity index (χ4v) is 36.2. The summed E-state index contributed by atoms with van der Waals surface area (Å²) < 4.78 is 22.7. The summed E-state index contributed by atoms with van der Waals surface area (Å²) in [6.45, 7) is 9.44. The predicted molar refractivity (Wildman–Crippen MR) is 124 cm³/mol. The van der Waals surface area contributed by atoms with Crippen LogP contribution in [0.1, 0.15) is 28.1 Å². The van der Waals surface area contributed by atoms with Crippen molar-refractivity contribution >= 4 is 43.4 Å². The van der Waals surface area contributed by atoms with Gasteiger partial charge in [-0.2, -0.15) is 0 Å². The molecule has 1 aromatic rings. The van der Waals surface area contributed by atoms with Crippen molar-refractivity contribution in [1.82, 2.24) is 0 Å². The van der Waals surface area contributed by atoms with E-state index in [1.54, 1.807) is 0 Å². The second kappa shape index (κ2) is 7.63. The molecule has 2 nitrogen and oxygen atoms in total. The standard InChI is InChI=1S/C9H7.C5H5.C3H9OSi.C2H5O.CH3.CH2.2ClH.Zr/c1-2-5-9-7-3-6-8(9)4-1;1-2-4-5-3-1;1-5(2,3)4;1-2-3;;;;;/h1-7H;1-3H,4H2;1-3H3;2H2,1H3;1H3;1H2;2*1H;/q;;2*-1;;;;;+2. The van der Waals surface area contributed by atoms with Gasteiger partial charge < -0.3 is 0 Å². The van der Waals surface area contributed by atoms with Gasteiger partial charge in [0, 0.05) is 0 Å². The van der Waals surface area contributed by atoms with Gasteiger partial charge in [-0.05, 0) is 0 Å². The molecule has 0 spiro atoms. The van der Waals surface area contributed by atoms with E-state index in [1.165, 1.54) is 14.4 Å². The minimum absolute atomic E-state index is 0. The Bertz CT molecular complexity index is 898. The van der Waals surface area contributed by atoms with Gasteiger partial charge in [0.25, 0.3) is 0 Å². The molecule has 0 fully saturated rings. The summed E-state index contributed by atoms with van der Waals surface area (Å²) in [5.41, 5.74) is 2.57. The van der Waals surface area contributed by atoms with Gasteiger partial charge in [-0.3, -0.25) is 0 Å². The third-order valence-electron chi connectivity index (χ3n) is 5.74.